The number of thioether (sulfide) groups is 1. The van der Waals surface area contributed by atoms with Crippen LogP contribution in [0, 0.1) is 0 Å². The molecule has 1 aromatic heterocycles. The number of nitrogens with zero attached hydrogens (tertiary/aromatic N) is 2. The molecule has 0 radical (unpaired) electrons. The molecular formula is C12H22N4S. The van der Waals surface area contributed by atoms with E-state index in [-0.39, 0.29) is 5.41 Å². The molecule has 0 unspecified atom stereocenters. The largest absolute Gasteiger partial charge is 0.308 e. The molecule has 0 spiro atoms. The van der Waals surface area contributed by atoms with E-state index >= 15 is 0 Å². The van der Waals surface area contributed by atoms with E-state index in [1.165, 1.54) is 12.8 Å². The second-order valence-corrected chi connectivity index (χ2v) is 6.13. The third kappa shape index (κ3) is 4.52. The molecule has 0 aliphatic heterocycles. The van der Waals surface area contributed by atoms with Crippen molar-refractivity contribution in [3.63, 3.8) is 0 Å². The molecular weight excluding hydrogens is 232 g/mol. The number of hydrogen-bond donors (Lipinski definition) is 2. The fourth-order valence-electron chi connectivity index (χ4n) is 1.23. The van der Waals surface area contributed by atoms with Gasteiger partial charge in [0.25, 0.3) is 0 Å². The van der Waals surface area contributed by atoms with Gasteiger partial charge < -0.3 is 5.43 Å². The fourth-order valence-corrected chi connectivity index (χ4v) is 2.22. The molecule has 1 heterocycles. The molecule has 17 heavy (non-hydrogen) atoms. The van der Waals surface area contributed by atoms with Crippen LogP contribution in [0.1, 0.15) is 46.4 Å². The van der Waals surface area contributed by atoms with E-state index in [0.717, 1.165) is 16.6 Å². The summed E-state index contributed by atoms with van der Waals surface area (Å²) >= 11 is 1.76. The molecule has 0 aliphatic carbocycles. The Labute approximate surface area is 108 Å². The van der Waals surface area contributed by atoms with Gasteiger partial charge >= 0.3 is 0 Å². The summed E-state index contributed by atoms with van der Waals surface area (Å²) in [5, 5.41) is 0.992. The van der Waals surface area contributed by atoms with Crippen LogP contribution in [0.4, 0.5) is 5.82 Å². The normalized spacial score (nSPS) is 11.6. The Morgan fingerprint density at radius 3 is 2.59 bits per heavy atom. The lowest BCUT2D eigenvalue weighted by molar-refractivity contribution is 0.539. The zero-order valence-corrected chi connectivity index (χ0v) is 11.9. The molecule has 1 rings (SSSR count). The Morgan fingerprint density at radius 2 is 2.06 bits per heavy atom. The van der Waals surface area contributed by atoms with E-state index in [1.54, 1.807) is 11.8 Å². The highest BCUT2D eigenvalue weighted by atomic mass is 32.2. The van der Waals surface area contributed by atoms with Crippen LogP contribution in [0.2, 0.25) is 0 Å². The topological polar surface area (TPSA) is 63.8 Å². The molecule has 96 valence electrons. The number of nitrogens with one attached hydrogen (secondary N) is 1. The van der Waals surface area contributed by atoms with Crippen LogP contribution in [0.25, 0.3) is 0 Å². The molecule has 0 saturated carbocycles. The lowest BCUT2D eigenvalue weighted by Crippen LogP contribution is -2.19. The summed E-state index contributed by atoms with van der Waals surface area (Å²) in [5.41, 5.74) is 2.54. The highest BCUT2D eigenvalue weighted by molar-refractivity contribution is 7.99. The van der Waals surface area contributed by atoms with Gasteiger partial charge in [0.05, 0.1) is 0 Å². The quantitative estimate of drug-likeness (QED) is 0.278. The van der Waals surface area contributed by atoms with E-state index in [2.05, 4.69) is 43.1 Å². The van der Waals surface area contributed by atoms with Crippen molar-refractivity contribution in [3.8, 4) is 0 Å². The average Bonchev–Trinajstić information content (AvgIpc) is 2.28. The van der Waals surface area contributed by atoms with Gasteiger partial charge in [-0.25, -0.2) is 15.8 Å². The summed E-state index contributed by atoms with van der Waals surface area (Å²) in [6.07, 6.45) is 2.40. The summed E-state index contributed by atoms with van der Waals surface area (Å²) < 4.78 is 0. The summed E-state index contributed by atoms with van der Waals surface area (Å²) in [7, 11) is 0. The maximum atomic E-state index is 5.44. The van der Waals surface area contributed by atoms with Crippen LogP contribution in [-0.4, -0.2) is 15.7 Å². The molecule has 1 aromatic rings. The molecule has 3 N–H and O–H groups in total. The molecule has 0 fully saturated rings. The Hall–Kier alpha value is -0.810. The van der Waals surface area contributed by atoms with Crippen LogP contribution in [0.15, 0.2) is 11.1 Å². The standard InChI is InChI=1S/C12H22N4S/c1-5-6-7-17-10-8-9(16-13)14-11(15-10)12(2,3)4/h8H,5-7,13H2,1-4H3,(H,14,15,16). The first kappa shape index (κ1) is 14.3. The fraction of sp³-hybridized carbons (Fsp3) is 0.667. The van der Waals surface area contributed by atoms with Crippen LogP contribution in [-0.2, 0) is 5.41 Å². The van der Waals surface area contributed by atoms with Crippen molar-refractivity contribution < 1.29 is 0 Å². The van der Waals surface area contributed by atoms with E-state index in [0.29, 0.717) is 5.82 Å². The third-order valence-electron chi connectivity index (χ3n) is 2.27. The summed E-state index contributed by atoms with van der Waals surface area (Å²) in [6.45, 7) is 8.49. The number of aromatic nitrogens is 2. The number of rotatable bonds is 5. The monoisotopic (exact) mass is 254 g/mol. The maximum Gasteiger partial charge on any atom is 0.144 e. The van der Waals surface area contributed by atoms with Crippen LogP contribution in [0.5, 0.6) is 0 Å². The highest BCUT2D eigenvalue weighted by Gasteiger charge is 2.19. The first-order valence-electron chi connectivity index (χ1n) is 5.96. The number of nitrogens with two attached hydrogens (primary N) is 1. The van der Waals surface area contributed by atoms with Crippen molar-refractivity contribution in [3.05, 3.63) is 11.9 Å². The van der Waals surface area contributed by atoms with Crippen molar-refractivity contribution in [2.24, 2.45) is 5.84 Å². The number of unbranched alkanes of at least 4 members (excludes halogenated alkanes) is 1. The predicted octanol–water partition coefficient (Wildman–Crippen LogP) is 2.95. The minimum atomic E-state index is -0.0626. The first-order valence-corrected chi connectivity index (χ1v) is 6.95. The number of anilines is 1. The molecule has 0 aliphatic rings. The summed E-state index contributed by atoms with van der Waals surface area (Å²) in [4.78, 5) is 8.97. The zero-order chi connectivity index (χ0) is 12.9. The SMILES string of the molecule is CCCCSc1cc(NN)nc(C(C)(C)C)n1. The van der Waals surface area contributed by atoms with E-state index in [1.807, 2.05) is 6.07 Å². The van der Waals surface area contributed by atoms with Crippen LogP contribution < -0.4 is 11.3 Å². The molecule has 4 nitrogen and oxygen atoms in total. The van der Waals surface area contributed by atoms with E-state index < -0.39 is 0 Å². The highest BCUT2D eigenvalue weighted by Crippen LogP contribution is 2.25. The van der Waals surface area contributed by atoms with E-state index in [4.69, 9.17) is 5.84 Å². The molecule has 0 saturated heterocycles. The average molecular weight is 254 g/mol. The lowest BCUT2D eigenvalue weighted by Gasteiger charge is -2.18. The van der Waals surface area contributed by atoms with Crippen molar-refractivity contribution >= 4 is 17.6 Å². The Morgan fingerprint density at radius 1 is 1.35 bits per heavy atom. The Kier molecular flexibility index (Phi) is 5.21. The van der Waals surface area contributed by atoms with Crippen LogP contribution in [0.3, 0.4) is 0 Å². The minimum absolute atomic E-state index is 0.0626. The van der Waals surface area contributed by atoms with Gasteiger partial charge in [-0.3, -0.25) is 0 Å². The van der Waals surface area contributed by atoms with Crippen molar-refractivity contribution in [2.45, 2.75) is 51.0 Å². The van der Waals surface area contributed by atoms with Crippen molar-refractivity contribution in [1.82, 2.24) is 9.97 Å². The van der Waals surface area contributed by atoms with Gasteiger partial charge in [0, 0.05) is 11.5 Å². The van der Waals surface area contributed by atoms with Crippen molar-refractivity contribution in [1.29, 1.82) is 0 Å². The second-order valence-electron chi connectivity index (χ2n) is 5.01. The van der Waals surface area contributed by atoms with Gasteiger partial charge in [-0.1, -0.05) is 34.1 Å². The maximum absolute atomic E-state index is 5.44. The van der Waals surface area contributed by atoms with Gasteiger partial charge in [0.15, 0.2) is 0 Å². The zero-order valence-electron chi connectivity index (χ0n) is 11.1. The lowest BCUT2D eigenvalue weighted by atomic mass is 9.96. The van der Waals surface area contributed by atoms with Crippen molar-refractivity contribution in [2.75, 3.05) is 11.2 Å². The Bertz CT molecular complexity index is 360. The van der Waals surface area contributed by atoms with Gasteiger partial charge in [-0.05, 0) is 12.2 Å². The van der Waals surface area contributed by atoms with Crippen LogP contribution >= 0.6 is 11.8 Å². The first-order chi connectivity index (χ1) is 7.97. The smallest absolute Gasteiger partial charge is 0.144 e. The summed E-state index contributed by atoms with van der Waals surface area (Å²) in [5.74, 6) is 8.03. The second kappa shape index (κ2) is 6.21. The molecule has 5 heteroatoms. The summed E-state index contributed by atoms with van der Waals surface area (Å²) in [6, 6.07) is 1.90. The molecule has 0 aromatic carbocycles. The van der Waals surface area contributed by atoms with Gasteiger partial charge in [-0.2, -0.15) is 0 Å². The third-order valence-corrected chi connectivity index (χ3v) is 3.27. The minimum Gasteiger partial charge on any atom is -0.308 e. The van der Waals surface area contributed by atoms with Gasteiger partial charge in [0.1, 0.15) is 16.7 Å². The molecule has 0 amide bonds. The predicted molar refractivity (Wildman–Crippen MR) is 74.2 cm³/mol. The Balaban J connectivity index is 2.89. The van der Waals surface area contributed by atoms with Gasteiger partial charge in [-0.15, -0.1) is 11.8 Å². The number of hydrazine groups is 1. The number of nitrogen functional groups attached to an aromatic ring is 1. The molecule has 0 atom stereocenters. The van der Waals surface area contributed by atoms with Gasteiger partial charge in [0.2, 0.25) is 0 Å². The van der Waals surface area contributed by atoms with E-state index in [9.17, 15) is 0 Å². The number of hydrogen-bond acceptors (Lipinski definition) is 5. The molecule has 0 bridgehead atoms.